The maximum atomic E-state index is 5.41. The molecule has 0 amide bonds. The van der Waals surface area contributed by atoms with Crippen LogP contribution in [-0.2, 0) is 6.54 Å². The minimum absolute atomic E-state index is 0.0479. The van der Waals surface area contributed by atoms with Gasteiger partial charge in [0.1, 0.15) is 5.75 Å². The fraction of sp³-hybridized carbons (Fsp3) is 0.500. The number of hydrogen-bond donors (Lipinski definition) is 0. The summed E-state index contributed by atoms with van der Waals surface area (Å²) in [7, 11) is 1.71. The van der Waals surface area contributed by atoms with E-state index in [-0.39, 0.29) is 6.04 Å². The van der Waals surface area contributed by atoms with Crippen molar-refractivity contribution in [3.63, 3.8) is 0 Å². The number of piperazine rings is 1. The fourth-order valence-corrected chi connectivity index (χ4v) is 5.30. The molecule has 0 bridgehead atoms. The summed E-state index contributed by atoms with van der Waals surface area (Å²) < 4.78 is 7.54. The zero-order valence-electron chi connectivity index (χ0n) is 19.5. The molecule has 1 aromatic heterocycles. The van der Waals surface area contributed by atoms with Gasteiger partial charge in [-0.3, -0.25) is 9.80 Å². The maximum absolute atomic E-state index is 5.41. The number of rotatable bonds is 7. The van der Waals surface area contributed by atoms with Gasteiger partial charge in [0.05, 0.1) is 19.2 Å². The van der Waals surface area contributed by atoms with Crippen LogP contribution in [-0.4, -0.2) is 63.3 Å². The molecule has 3 aromatic rings. The summed E-state index contributed by atoms with van der Waals surface area (Å²) in [6.07, 6.45) is 6.17. The van der Waals surface area contributed by atoms with Crippen LogP contribution in [0.4, 0.5) is 0 Å². The summed E-state index contributed by atoms with van der Waals surface area (Å²) in [6.45, 7) is 5.04. The van der Waals surface area contributed by atoms with E-state index in [0.29, 0.717) is 6.04 Å². The molecule has 0 unspecified atom stereocenters. The average molecular weight is 447 g/mol. The number of ether oxygens (including phenoxy) is 1. The Labute approximate surface area is 196 Å². The monoisotopic (exact) mass is 446 g/mol. The fourth-order valence-electron chi connectivity index (χ4n) is 5.30. The van der Waals surface area contributed by atoms with Crippen molar-refractivity contribution in [2.75, 3.05) is 33.3 Å². The number of tetrazole rings is 1. The highest BCUT2D eigenvalue weighted by Crippen LogP contribution is 2.34. The first kappa shape index (κ1) is 22.0. The van der Waals surface area contributed by atoms with E-state index >= 15 is 0 Å². The van der Waals surface area contributed by atoms with Crippen LogP contribution in [0.1, 0.15) is 61.1 Å². The summed E-state index contributed by atoms with van der Waals surface area (Å²) in [5.74, 6) is 1.85. The Balaban J connectivity index is 1.38. The Bertz CT molecular complexity index is 991. The Morgan fingerprint density at radius 2 is 1.64 bits per heavy atom. The van der Waals surface area contributed by atoms with Gasteiger partial charge < -0.3 is 4.74 Å². The first-order valence-electron chi connectivity index (χ1n) is 12.2. The molecule has 1 aliphatic carbocycles. The van der Waals surface area contributed by atoms with E-state index in [1.807, 2.05) is 12.1 Å². The topological polar surface area (TPSA) is 59.3 Å². The predicted octanol–water partition coefficient (Wildman–Crippen LogP) is 4.09. The molecule has 1 atom stereocenters. The molecule has 1 saturated carbocycles. The van der Waals surface area contributed by atoms with E-state index in [1.165, 1.54) is 30.4 Å². The second-order valence-electron chi connectivity index (χ2n) is 9.25. The summed E-state index contributed by atoms with van der Waals surface area (Å²) in [5, 5.41) is 13.2. The number of aromatic nitrogens is 4. The quantitative estimate of drug-likeness (QED) is 0.545. The van der Waals surface area contributed by atoms with Crippen molar-refractivity contribution in [3.8, 4) is 5.75 Å². The number of nitrogens with zero attached hydrogens (tertiary/aromatic N) is 6. The summed E-state index contributed by atoms with van der Waals surface area (Å²) in [5.41, 5.74) is 2.60. The van der Waals surface area contributed by atoms with Crippen LogP contribution >= 0.6 is 0 Å². The van der Waals surface area contributed by atoms with Gasteiger partial charge in [0.15, 0.2) is 5.82 Å². The Hall–Kier alpha value is -2.77. The van der Waals surface area contributed by atoms with Crippen LogP contribution in [0.5, 0.6) is 5.75 Å². The van der Waals surface area contributed by atoms with Crippen LogP contribution in [0, 0.1) is 0 Å². The van der Waals surface area contributed by atoms with Crippen molar-refractivity contribution in [1.82, 2.24) is 30.0 Å². The molecule has 174 valence electrons. The molecule has 0 radical (unpaired) electrons. The van der Waals surface area contributed by atoms with E-state index in [0.717, 1.165) is 57.1 Å². The SMILES string of the molecule is COc1ccc([C@@H](c2nnnn2C2CCCCC2)N2CCN(Cc3ccccc3)CC2)cc1. The third kappa shape index (κ3) is 5.09. The summed E-state index contributed by atoms with van der Waals surface area (Å²) in [4.78, 5) is 5.09. The first-order chi connectivity index (χ1) is 16.3. The second-order valence-corrected chi connectivity index (χ2v) is 9.25. The zero-order valence-corrected chi connectivity index (χ0v) is 19.5. The third-order valence-electron chi connectivity index (χ3n) is 7.14. The van der Waals surface area contributed by atoms with Gasteiger partial charge in [-0.25, -0.2) is 4.68 Å². The molecule has 2 aromatic carbocycles. The number of hydrogen-bond acceptors (Lipinski definition) is 6. The molecule has 33 heavy (non-hydrogen) atoms. The van der Waals surface area contributed by atoms with Crippen LogP contribution in [0.15, 0.2) is 54.6 Å². The van der Waals surface area contributed by atoms with Crippen molar-refractivity contribution in [2.24, 2.45) is 0 Å². The van der Waals surface area contributed by atoms with Crippen LogP contribution in [0.2, 0.25) is 0 Å². The van der Waals surface area contributed by atoms with Gasteiger partial charge >= 0.3 is 0 Å². The van der Waals surface area contributed by atoms with Gasteiger partial charge in [-0.15, -0.1) is 5.10 Å². The zero-order chi connectivity index (χ0) is 22.5. The summed E-state index contributed by atoms with van der Waals surface area (Å²) >= 11 is 0. The molecule has 0 spiro atoms. The van der Waals surface area contributed by atoms with Crippen molar-refractivity contribution in [1.29, 1.82) is 0 Å². The normalized spacial score (nSPS) is 19.4. The Morgan fingerprint density at radius 3 is 2.33 bits per heavy atom. The Morgan fingerprint density at radius 1 is 0.909 bits per heavy atom. The molecule has 2 aliphatic rings. The van der Waals surface area contributed by atoms with Crippen molar-refractivity contribution >= 4 is 0 Å². The largest absolute Gasteiger partial charge is 0.497 e. The van der Waals surface area contributed by atoms with Gasteiger partial charge in [-0.1, -0.05) is 61.7 Å². The van der Waals surface area contributed by atoms with E-state index in [9.17, 15) is 0 Å². The smallest absolute Gasteiger partial charge is 0.173 e. The standard InChI is InChI=1S/C26H34N6O/c1-33-24-14-12-22(13-15-24)25(26-27-28-29-32(26)23-10-6-3-7-11-23)31-18-16-30(17-19-31)20-21-8-4-2-5-9-21/h2,4-5,8-9,12-15,23,25H,3,6-7,10-11,16-20H2,1H3/t25-/m0/s1. The Kier molecular flexibility index (Phi) is 6.98. The molecule has 2 fully saturated rings. The van der Waals surface area contributed by atoms with E-state index in [2.05, 4.69) is 72.5 Å². The van der Waals surface area contributed by atoms with E-state index < -0.39 is 0 Å². The van der Waals surface area contributed by atoms with Crippen molar-refractivity contribution < 1.29 is 4.74 Å². The highest BCUT2D eigenvalue weighted by Gasteiger charge is 2.32. The number of benzene rings is 2. The maximum Gasteiger partial charge on any atom is 0.173 e. The lowest BCUT2D eigenvalue weighted by atomic mass is 9.95. The van der Waals surface area contributed by atoms with Crippen LogP contribution in [0.25, 0.3) is 0 Å². The molecule has 7 nitrogen and oxygen atoms in total. The van der Waals surface area contributed by atoms with E-state index in [1.54, 1.807) is 7.11 Å². The lowest BCUT2D eigenvalue weighted by molar-refractivity contribution is 0.0986. The van der Waals surface area contributed by atoms with Gasteiger partial charge in [-0.05, 0) is 46.5 Å². The molecular formula is C26H34N6O. The lowest BCUT2D eigenvalue weighted by Crippen LogP contribution is -2.48. The highest BCUT2D eigenvalue weighted by molar-refractivity contribution is 5.32. The predicted molar refractivity (Wildman–Crippen MR) is 128 cm³/mol. The van der Waals surface area contributed by atoms with Gasteiger partial charge in [-0.2, -0.15) is 0 Å². The molecule has 0 N–H and O–H groups in total. The molecule has 5 rings (SSSR count). The van der Waals surface area contributed by atoms with E-state index in [4.69, 9.17) is 4.74 Å². The highest BCUT2D eigenvalue weighted by atomic mass is 16.5. The lowest BCUT2D eigenvalue weighted by Gasteiger charge is -2.39. The van der Waals surface area contributed by atoms with Crippen molar-refractivity contribution in [2.45, 2.75) is 50.7 Å². The minimum Gasteiger partial charge on any atom is -0.497 e. The van der Waals surface area contributed by atoms with Crippen LogP contribution in [0.3, 0.4) is 0 Å². The second kappa shape index (κ2) is 10.4. The number of methoxy groups -OCH3 is 1. The molecular weight excluding hydrogens is 412 g/mol. The van der Waals surface area contributed by atoms with Gasteiger partial charge in [0.25, 0.3) is 0 Å². The molecule has 1 aliphatic heterocycles. The van der Waals surface area contributed by atoms with Crippen molar-refractivity contribution in [3.05, 3.63) is 71.5 Å². The molecule has 2 heterocycles. The average Bonchev–Trinajstić information content (AvgIpc) is 3.36. The molecule has 7 heteroatoms. The first-order valence-corrected chi connectivity index (χ1v) is 12.2. The minimum atomic E-state index is 0.0479. The third-order valence-corrected chi connectivity index (χ3v) is 7.14. The molecule has 1 saturated heterocycles. The summed E-state index contributed by atoms with van der Waals surface area (Å²) in [6, 6.07) is 19.6. The van der Waals surface area contributed by atoms with Crippen LogP contribution < -0.4 is 4.74 Å². The van der Waals surface area contributed by atoms with Gasteiger partial charge in [0, 0.05) is 32.7 Å². The van der Waals surface area contributed by atoms with Gasteiger partial charge in [0.2, 0.25) is 0 Å².